The molecule has 0 bridgehead atoms. The fraction of sp³-hybridized carbons (Fsp3) is 0.348. The van der Waals surface area contributed by atoms with E-state index in [-0.39, 0.29) is 48.9 Å². The maximum atomic E-state index is 12.4. The van der Waals surface area contributed by atoms with Crippen molar-refractivity contribution in [3.05, 3.63) is 65.7 Å². The number of hydrogen-bond donors (Lipinski definition) is 0. The summed E-state index contributed by atoms with van der Waals surface area (Å²) in [5.74, 6) is -0.531. The standard InChI is InChI=1S/C22H24O5.CO2/c1-15(22(24)25-2)21-17(14-26-19-11-7-6-10-18(19)21)12-20(23)27-13-16-8-4-3-5-9-16;2-1-3/h3-11,15,17,21H,12-14H2,1-2H3;. The Kier molecular flexibility index (Phi) is 8.78. The van der Waals surface area contributed by atoms with E-state index in [1.165, 1.54) is 7.11 Å². The Morgan fingerprint density at radius 1 is 1.10 bits per heavy atom. The van der Waals surface area contributed by atoms with E-state index in [0.29, 0.717) is 6.61 Å². The predicted molar refractivity (Wildman–Crippen MR) is 105 cm³/mol. The molecule has 7 heteroatoms. The van der Waals surface area contributed by atoms with Crippen LogP contribution in [0.1, 0.15) is 30.4 Å². The summed E-state index contributed by atoms with van der Waals surface area (Å²) in [7, 11) is 1.38. The number of esters is 2. The zero-order chi connectivity index (χ0) is 21.9. The van der Waals surface area contributed by atoms with Gasteiger partial charge >= 0.3 is 18.1 Å². The van der Waals surface area contributed by atoms with Crippen LogP contribution in [-0.2, 0) is 35.3 Å². The highest BCUT2D eigenvalue weighted by molar-refractivity contribution is 5.74. The monoisotopic (exact) mass is 412 g/mol. The van der Waals surface area contributed by atoms with Gasteiger partial charge in [0.2, 0.25) is 0 Å². The molecule has 158 valence electrons. The smallest absolute Gasteiger partial charge is 0.373 e. The molecule has 0 aliphatic carbocycles. The first kappa shape index (κ1) is 22.8. The molecule has 0 saturated heterocycles. The third-order valence-corrected chi connectivity index (χ3v) is 5.02. The fourth-order valence-electron chi connectivity index (χ4n) is 3.65. The topological polar surface area (TPSA) is 96.0 Å². The van der Waals surface area contributed by atoms with Crippen LogP contribution in [0, 0.1) is 11.8 Å². The van der Waals surface area contributed by atoms with Crippen molar-refractivity contribution in [2.75, 3.05) is 13.7 Å². The summed E-state index contributed by atoms with van der Waals surface area (Å²) in [6, 6.07) is 17.2. The van der Waals surface area contributed by atoms with Crippen molar-refractivity contribution in [1.29, 1.82) is 0 Å². The Hall–Kier alpha value is -3.44. The second kappa shape index (κ2) is 11.5. The molecular formula is C23H24O7. The molecule has 0 spiro atoms. The van der Waals surface area contributed by atoms with Crippen LogP contribution in [0.5, 0.6) is 5.75 Å². The molecule has 2 aromatic carbocycles. The maximum Gasteiger partial charge on any atom is 0.373 e. The molecule has 0 radical (unpaired) electrons. The van der Waals surface area contributed by atoms with Gasteiger partial charge in [0.25, 0.3) is 0 Å². The number of rotatable bonds is 6. The second-order valence-corrected chi connectivity index (χ2v) is 6.88. The zero-order valence-corrected chi connectivity index (χ0v) is 16.9. The van der Waals surface area contributed by atoms with Gasteiger partial charge in [-0.25, -0.2) is 0 Å². The van der Waals surface area contributed by atoms with E-state index < -0.39 is 0 Å². The SMILES string of the molecule is COC(=O)C(C)C1c2ccccc2OCC1CC(=O)OCc1ccccc1.O=C=O. The molecule has 3 atom stereocenters. The molecule has 0 amide bonds. The van der Waals surface area contributed by atoms with Gasteiger partial charge in [-0.2, -0.15) is 9.59 Å². The second-order valence-electron chi connectivity index (χ2n) is 6.88. The molecule has 1 aliphatic heterocycles. The summed E-state index contributed by atoms with van der Waals surface area (Å²) in [4.78, 5) is 40.8. The summed E-state index contributed by atoms with van der Waals surface area (Å²) >= 11 is 0. The fourth-order valence-corrected chi connectivity index (χ4v) is 3.65. The minimum Gasteiger partial charge on any atom is -0.493 e. The summed E-state index contributed by atoms with van der Waals surface area (Å²) in [6.45, 7) is 2.44. The minimum atomic E-state index is -0.382. The van der Waals surface area contributed by atoms with E-state index in [1.54, 1.807) is 0 Å². The van der Waals surface area contributed by atoms with Gasteiger partial charge < -0.3 is 14.2 Å². The average Bonchev–Trinajstić information content (AvgIpc) is 2.78. The highest BCUT2D eigenvalue weighted by Gasteiger charge is 2.39. The molecule has 0 N–H and O–H groups in total. The first-order valence-corrected chi connectivity index (χ1v) is 9.50. The van der Waals surface area contributed by atoms with Crippen molar-refractivity contribution in [3.63, 3.8) is 0 Å². The van der Waals surface area contributed by atoms with Crippen LogP contribution in [0.3, 0.4) is 0 Å². The van der Waals surface area contributed by atoms with Crippen molar-refractivity contribution in [3.8, 4) is 5.75 Å². The van der Waals surface area contributed by atoms with Gasteiger partial charge in [0.05, 0.1) is 26.1 Å². The van der Waals surface area contributed by atoms with Gasteiger partial charge in [-0.3, -0.25) is 9.59 Å². The molecule has 2 aromatic rings. The molecule has 7 nitrogen and oxygen atoms in total. The molecule has 30 heavy (non-hydrogen) atoms. The van der Waals surface area contributed by atoms with Gasteiger partial charge in [-0.05, 0) is 17.2 Å². The van der Waals surface area contributed by atoms with Gasteiger partial charge in [0, 0.05) is 11.8 Å². The average molecular weight is 412 g/mol. The van der Waals surface area contributed by atoms with Crippen molar-refractivity contribution >= 4 is 18.1 Å². The van der Waals surface area contributed by atoms with E-state index >= 15 is 0 Å². The summed E-state index contributed by atoms with van der Waals surface area (Å²) in [5, 5.41) is 0. The Balaban J connectivity index is 0.00000101. The number of carbonyl (C=O) groups is 2. The Bertz CT molecular complexity index is 872. The van der Waals surface area contributed by atoms with Gasteiger partial charge in [0.15, 0.2) is 0 Å². The highest BCUT2D eigenvalue weighted by Crippen LogP contribution is 2.43. The van der Waals surface area contributed by atoms with Crippen LogP contribution in [0.15, 0.2) is 54.6 Å². The lowest BCUT2D eigenvalue weighted by atomic mass is 9.75. The largest absolute Gasteiger partial charge is 0.493 e. The quantitative estimate of drug-likeness (QED) is 0.673. The first-order valence-electron chi connectivity index (χ1n) is 9.50. The highest BCUT2D eigenvalue weighted by atomic mass is 16.5. The van der Waals surface area contributed by atoms with Crippen LogP contribution in [0.4, 0.5) is 0 Å². The van der Waals surface area contributed by atoms with Gasteiger partial charge in [0.1, 0.15) is 12.4 Å². The minimum absolute atomic E-state index is 0.155. The van der Waals surface area contributed by atoms with Crippen molar-refractivity contribution in [2.45, 2.75) is 25.9 Å². The van der Waals surface area contributed by atoms with Crippen LogP contribution < -0.4 is 4.74 Å². The normalized spacial score (nSPS) is 17.7. The Morgan fingerprint density at radius 2 is 1.73 bits per heavy atom. The lowest BCUT2D eigenvalue weighted by Gasteiger charge is -2.35. The maximum absolute atomic E-state index is 12.4. The number of benzene rings is 2. The van der Waals surface area contributed by atoms with E-state index in [2.05, 4.69) is 0 Å². The predicted octanol–water partition coefficient (Wildman–Crippen LogP) is 3.14. The van der Waals surface area contributed by atoms with Crippen LogP contribution >= 0.6 is 0 Å². The van der Waals surface area contributed by atoms with Crippen molar-refractivity contribution in [2.24, 2.45) is 11.8 Å². The Morgan fingerprint density at radius 3 is 2.40 bits per heavy atom. The number of carbonyl (C=O) groups excluding carboxylic acids is 4. The number of fused-ring (bicyclic) bond motifs is 1. The molecule has 1 aliphatic rings. The first-order chi connectivity index (χ1) is 14.5. The van der Waals surface area contributed by atoms with Crippen molar-refractivity contribution < 1.29 is 33.4 Å². The lowest BCUT2D eigenvalue weighted by molar-refractivity contribution is -0.191. The lowest BCUT2D eigenvalue weighted by Crippen LogP contribution is -2.35. The summed E-state index contributed by atoms with van der Waals surface area (Å²) < 4.78 is 16.2. The number of hydrogen-bond acceptors (Lipinski definition) is 7. The summed E-state index contributed by atoms with van der Waals surface area (Å²) in [6.07, 6.45) is 0.438. The van der Waals surface area contributed by atoms with Crippen LogP contribution in [0.25, 0.3) is 0 Å². The Labute approximate surface area is 174 Å². The number of methoxy groups -OCH3 is 1. The van der Waals surface area contributed by atoms with Crippen molar-refractivity contribution in [1.82, 2.24) is 0 Å². The molecule has 0 aromatic heterocycles. The third kappa shape index (κ3) is 6.03. The van der Waals surface area contributed by atoms with Crippen LogP contribution in [-0.4, -0.2) is 31.8 Å². The van der Waals surface area contributed by atoms with Gasteiger partial charge in [-0.1, -0.05) is 55.5 Å². The van der Waals surface area contributed by atoms with E-state index in [1.807, 2.05) is 61.5 Å². The van der Waals surface area contributed by atoms with E-state index in [9.17, 15) is 9.59 Å². The molecule has 0 fully saturated rings. The third-order valence-electron chi connectivity index (χ3n) is 5.02. The number of para-hydroxylation sites is 1. The summed E-state index contributed by atoms with van der Waals surface area (Å²) in [5.41, 5.74) is 1.87. The molecule has 1 heterocycles. The van der Waals surface area contributed by atoms with Crippen LogP contribution in [0.2, 0.25) is 0 Å². The molecule has 3 unspecified atom stereocenters. The molecule has 0 saturated carbocycles. The van der Waals surface area contributed by atoms with Gasteiger partial charge in [-0.15, -0.1) is 0 Å². The van der Waals surface area contributed by atoms with E-state index in [4.69, 9.17) is 23.8 Å². The molecular weight excluding hydrogens is 388 g/mol. The number of ether oxygens (including phenoxy) is 3. The van der Waals surface area contributed by atoms with E-state index in [0.717, 1.165) is 16.9 Å². The zero-order valence-electron chi connectivity index (χ0n) is 16.9. The molecule has 3 rings (SSSR count).